The number of benzene rings is 1. The van der Waals surface area contributed by atoms with E-state index in [1.165, 1.54) is 11.3 Å². The lowest BCUT2D eigenvalue weighted by atomic mass is 9.90. The summed E-state index contributed by atoms with van der Waals surface area (Å²) in [4.78, 5) is 27.0. The van der Waals surface area contributed by atoms with Crippen LogP contribution in [0.4, 0.5) is 5.69 Å². The van der Waals surface area contributed by atoms with Crippen LogP contribution in [0.25, 0.3) is 11.0 Å². The quantitative estimate of drug-likeness (QED) is 0.484. The molecule has 2 aliphatic heterocycles. The van der Waals surface area contributed by atoms with E-state index in [0.717, 1.165) is 62.6 Å². The molecule has 0 amide bonds. The van der Waals surface area contributed by atoms with E-state index in [0.29, 0.717) is 12.2 Å². The summed E-state index contributed by atoms with van der Waals surface area (Å²) < 4.78 is 10.8. The fraction of sp³-hybridized carbons (Fsp3) is 0.500. The van der Waals surface area contributed by atoms with Crippen LogP contribution in [0.5, 0.6) is 0 Å². The zero-order chi connectivity index (χ0) is 17.4. The number of esters is 1. The fourth-order valence-corrected chi connectivity index (χ4v) is 3.98. The summed E-state index contributed by atoms with van der Waals surface area (Å²) in [5.74, 6) is -0.586. The van der Waals surface area contributed by atoms with Gasteiger partial charge in [0.15, 0.2) is 0 Å². The van der Waals surface area contributed by atoms with Crippen molar-refractivity contribution in [2.24, 2.45) is 0 Å². The van der Waals surface area contributed by atoms with Gasteiger partial charge in [0.25, 0.3) is 0 Å². The molecule has 0 fully saturated rings. The number of hydrogen-bond acceptors (Lipinski definition) is 5. The zero-order valence-electron chi connectivity index (χ0n) is 14.6. The molecule has 5 heteroatoms. The van der Waals surface area contributed by atoms with Gasteiger partial charge in [-0.25, -0.2) is 9.59 Å². The first kappa shape index (κ1) is 16.2. The van der Waals surface area contributed by atoms with Gasteiger partial charge < -0.3 is 14.1 Å². The second-order valence-electron chi connectivity index (χ2n) is 6.91. The number of ether oxygens (including phenoxy) is 1. The smallest absolute Gasteiger partial charge is 0.351 e. The Morgan fingerprint density at radius 3 is 2.84 bits per heavy atom. The third kappa shape index (κ3) is 2.81. The van der Waals surface area contributed by atoms with Crippen LogP contribution in [-0.2, 0) is 17.6 Å². The number of aryl methyl sites for hydroxylation is 2. The van der Waals surface area contributed by atoms with Crippen LogP contribution in [0.2, 0.25) is 0 Å². The fourth-order valence-electron chi connectivity index (χ4n) is 3.98. The standard InChI is InChI=1S/C20H23NO4/c1-2-3-10-24-19(22)16-12-14-11-13-6-4-8-21-9-5-7-15(17(13)21)18(14)25-20(16)23/h11-12H,2-10H2,1H3. The molecule has 0 atom stereocenters. The van der Waals surface area contributed by atoms with Crippen molar-refractivity contribution in [3.05, 3.63) is 39.2 Å². The minimum Gasteiger partial charge on any atom is -0.462 e. The lowest BCUT2D eigenvalue weighted by Gasteiger charge is -2.37. The number of carbonyl (C=O) groups is 1. The van der Waals surface area contributed by atoms with Gasteiger partial charge in [0, 0.05) is 29.7 Å². The average molecular weight is 341 g/mol. The first-order valence-electron chi connectivity index (χ1n) is 9.23. The molecule has 2 aliphatic rings. The van der Waals surface area contributed by atoms with Gasteiger partial charge >= 0.3 is 11.6 Å². The minimum absolute atomic E-state index is 0.000715. The highest BCUT2D eigenvalue weighted by Gasteiger charge is 2.27. The summed E-state index contributed by atoms with van der Waals surface area (Å²) in [5, 5.41) is 0.833. The maximum Gasteiger partial charge on any atom is 0.351 e. The molecule has 0 aliphatic carbocycles. The van der Waals surface area contributed by atoms with Crippen LogP contribution in [0.1, 0.15) is 54.1 Å². The van der Waals surface area contributed by atoms with Crippen LogP contribution in [0.15, 0.2) is 21.3 Å². The van der Waals surface area contributed by atoms with Crippen LogP contribution in [0.3, 0.4) is 0 Å². The molecule has 0 bridgehead atoms. The Labute approximate surface area is 146 Å². The number of unbranched alkanes of at least 4 members (excludes halogenated alkanes) is 1. The molecule has 4 rings (SSSR count). The van der Waals surface area contributed by atoms with Crippen LogP contribution < -0.4 is 10.5 Å². The molecule has 0 saturated carbocycles. The van der Waals surface area contributed by atoms with Gasteiger partial charge in [-0.15, -0.1) is 0 Å². The normalized spacial score (nSPS) is 16.0. The molecule has 0 radical (unpaired) electrons. The van der Waals surface area contributed by atoms with E-state index in [1.807, 2.05) is 6.92 Å². The van der Waals surface area contributed by atoms with Crippen molar-refractivity contribution in [3.8, 4) is 0 Å². The molecule has 3 heterocycles. The summed E-state index contributed by atoms with van der Waals surface area (Å²) in [7, 11) is 0. The summed E-state index contributed by atoms with van der Waals surface area (Å²) >= 11 is 0. The predicted octanol–water partition coefficient (Wildman–Crippen LogP) is 3.45. The van der Waals surface area contributed by atoms with Crippen molar-refractivity contribution in [3.63, 3.8) is 0 Å². The molecule has 0 N–H and O–H groups in total. The summed E-state index contributed by atoms with van der Waals surface area (Å²) in [6.45, 7) is 4.49. The Hall–Kier alpha value is -2.30. The van der Waals surface area contributed by atoms with E-state index in [-0.39, 0.29) is 5.56 Å². The maximum absolute atomic E-state index is 12.4. The molecule has 2 aromatic rings. The van der Waals surface area contributed by atoms with Gasteiger partial charge in [0.2, 0.25) is 0 Å². The zero-order valence-corrected chi connectivity index (χ0v) is 14.6. The van der Waals surface area contributed by atoms with Crippen molar-refractivity contribution in [1.29, 1.82) is 0 Å². The van der Waals surface area contributed by atoms with E-state index in [2.05, 4.69) is 11.0 Å². The Morgan fingerprint density at radius 2 is 2.04 bits per heavy atom. The Balaban J connectivity index is 1.80. The van der Waals surface area contributed by atoms with Crippen molar-refractivity contribution < 1.29 is 13.9 Å². The van der Waals surface area contributed by atoms with Crippen molar-refractivity contribution in [2.75, 3.05) is 24.6 Å². The lowest BCUT2D eigenvalue weighted by molar-refractivity contribution is 0.0495. The van der Waals surface area contributed by atoms with E-state index in [9.17, 15) is 9.59 Å². The summed E-state index contributed by atoms with van der Waals surface area (Å²) in [5.41, 5.74) is 3.72. The van der Waals surface area contributed by atoms with Gasteiger partial charge in [-0.05, 0) is 49.8 Å². The molecule has 1 aromatic heterocycles. The SMILES string of the molecule is CCCCOC(=O)c1cc2cc3c4c(c2oc1=O)CCCN4CCC3. The Kier molecular flexibility index (Phi) is 4.24. The third-order valence-corrected chi connectivity index (χ3v) is 5.17. The van der Waals surface area contributed by atoms with E-state index >= 15 is 0 Å². The van der Waals surface area contributed by atoms with Gasteiger partial charge in [-0.2, -0.15) is 0 Å². The first-order valence-corrected chi connectivity index (χ1v) is 9.23. The highest BCUT2D eigenvalue weighted by molar-refractivity contribution is 5.95. The molecule has 132 valence electrons. The second-order valence-corrected chi connectivity index (χ2v) is 6.91. The van der Waals surface area contributed by atoms with Crippen LogP contribution in [0, 0.1) is 0 Å². The molecule has 1 aromatic carbocycles. The van der Waals surface area contributed by atoms with Crippen molar-refractivity contribution in [2.45, 2.75) is 45.4 Å². The molecule has 0 spiro atoms. The highest BCUT2D eigenvalue weighted by atomic mass is 16.5. The largest absolute Gasteiger partial charge is 0.462 e. The third-order valence-electron chi connectivity index (χ3n) is 5.17. The van der Waals surface area contributed by atoms with Gasteiger partial charge in [-0.3, -0.25) is 0 Å². The van der Waals surface area contributed by atoms with Crippen molar-refractivity contribution in [1.82, 2.24) is 0 Å². The van der Waals surface area contributed by atoms with E-state index < -0.39 is 11.6 Å². The first-order chi connectivity index (χ1) is 12.2. The highest BCUT2D eigenvalue weighted by Crippen LogP contribution is 2.39. The van der Waals surface area contributed by atoms with Crippen LogP contribution >= 0.6 is 0 Å². The monoisotopic (exact) mass is 341 g/mol. The molecular formula is C20H23NO4. The number of hydrogen-bond donors (Lipinski definition) is 0. The lowest BCUT2D eigenvalue weighted by Crippen LogP contribution is -2.34. The summed E-state index contributed by atoms with van der Waals surface area (Å²) in [6.07, 6.45) is 5.88. The molecule has 0 unspecified atom stereocenters. The molecular weight excluding hydrogens is 318 g/mol. The van der Waals surface area contributed by atoms with Gasteiger partial charge in [0.05, 0.1) is 6.61 Å². The molecule has 0 saturated heterocycles. The summed E-state index contributed by atoms with van der Waals surface area (Å²) in [6, 6.07) is 3.73. The van der Waals surface area contributed by atoms with E-state index in [4.69, 9.17) is 9.15 Å². The maximum atomic E-state index is 12.4. The number of rotatable bonds is 4. The number of nitrogens with zero attached hydrogens (tertiary/aromatic N) is 1. The van der Waals surface area contributed by atoms with Gasteiger partial charge in [-0.1, -0.05) is 13.3 Å². The predicted molar refractivity (Wildman–Crippen MR) is 96.5 cm³/mol. The second kappa shape index (κ2) is 6.54. The average Bonchev–Trinajstić information content (AvgIpc) is 2.62. The van der Waals surface area contributed by atoms with Crippen LogP contribution in [-0.4, -0.2) is 25.7 Å². The van der Waals surface area contributed by atoms with E-state index in [1.54, 1.807) is 6.07 Å². The topological polar surface area (TPSA) is 59.8 Å². The molecule has 25 heavy (non-hydrogen) atoms. The number of carbonyl (C=O) groups excluding carboxylic acids is 1. The number of fused-ring (bicyclic) bond motifs is 2. The minimum atomic E-state index is -0.599. The van der Waals surface area contributed by atoms with Gasteiger partial charge in [0.1, 0.15) is 11.1 Å². The van der Waals surface area contributed by atoms with Crippen molar-refractivity contribution >= 4 is 22.6 Å². The Bertz CT molecular complexity index is 881. The molecule has 5 nitrogen and oxygen atoms in total. The Morgan fingerprint density at radius 1 is 1.24 bits per heavy atom. The number of anilines is 1.